The monoisotopic (exact) mass is 343 g/mol. The highest BCUT2D eigenvalue weighted by Gasteiger charge is 2.39. The zero-order valence-corrected chi connectivity index (χ0v) is 13.6. The van der Waals surface area contributed by atoms with Crippen molar-refractivity contribution in [3.63, 3.8) is 0 Å². The van der Waals surface area contributed by atoms with Crippen LogP contribution in [0.5, 0.6) is 0 Å². The molecular formula is C13H17ClF3NO2S. The predicted molar refractivity (Wildman–Crippen MR) is 76.1 cm³/mol. The molecule has 0 saturated heterocycles. The minimum Gasteiger partial charge on any atom is -0.207 e. The highest BCUT2D eigenvalue weighted by molar-refractivity contribution is 7.89. The molecule has 0 aromatic heterocycles. The lowest BCUT2D eigenvalue weighted by Crippen LogP contribution is -2.43. The van der Waals surface area contributed by atoms with Crippen LogP contribution in [0, 0.1) is 6.92 Å². The van der Waals surface area contributed by atoms with Crippen molar-refractivity contribution in [1.82, 2.24) is 4.72 Å². The fourth-order valence-electron chi connectivity index (χ4n) is 1.79. The van der Waals surface area contributed by atoms with Gasteiger partial charge in [0.05, 0.1) is 4.90 Å². The first-order chi connectivity index (χ1) is 9.38. The number of hydrogen-bond donors (Lipinski definition) is 1. The van der Waals surface area contributed by atoms with Crippen LogP contribution in [0.2, 0.25) is 5.02 Å². The summed E-state index contributed by atoms with van der Waals surface area (Å²) in [5.74, 6) is 0.0787. The van der Waals surface area contributed by atoms with Gasteiger partial charge in [0, 0.05) is 5.02 Å². The Morgan fingerprint density at radius 2 is 1.71 bits per heavy atom. The summed E-state index contributed by atoms with van der Waals surface area (Å²) in [6.45, 7) is 6.00. The molecule has 1 aromatic carbocycles. The number of hydrogen-bond acceptors (Lipinski definition) is 2. The van der Waals surface area contributed by atoms with E-state index in [1.165, 1.54) is 19.1 Å². The average molecular weight is 344 g/mol. The molecule has 1 atom stereocenters. The number of sulfonamides is 1. The smallest absolute Gasteiger partial charge is 0.207 e. The molecule has 0 aliphatic heterocycles. The topological polar surface area (TPSA) is 46.2 Å². The summed E-state index contributed by atoms with van der Waals surface area (Å²) in [5.41, 5.74) is 0.988. The van der Waals surface area contributed by atoms with E-state index < -0.39 is 22.2 Å². The largest absolute Gasteiger partial charge is 0.404 e. The Labute approximate surface area is 127 Å². The summed E-state index contributed by atoms with van der Waals surface area (Å²) in [4.78, 5) is -0.243. The molecule has 1 N–H and O–H groups in total. The van der Waals surface area contributed by atoms with Gasteiger partial charge in [-0.05, 0) is 37.0 Å². The zero-order chi connectivity index (χ0) is 16.6. The van der Waals surface area contributed by atoms with Gasteiger partial charge >= 0.3 is 6.18 Å². The Balaban J connectivity index is 3.25. The van der Waals surface area contributed by atoms with Gasteiger partial charge in [0.2, 0.25) is 10.0 Å². The van der Waals surface area contributed by atoms with Crippen LogP contribution in [0.15, 0.2) is 17.0 Å². The van der Waals surface area contributed by atoms with E-state index in [0.717, 1.165) is 12.5 Å². The molecule has 1 aromatic rings. The molecule has 21 heavy (non-hydrogen) atoms. The molecule has 8 heteroatoms. The summed E-state index contributed by atoms with van der Waals surface area (Å²) in [6, 6.07) is 0.625. The van der Waals surface area contributed by atoms with Crippen molar-refractivity contribution in [2.24, 2.45) is 0 Å². The number of rotatable bonds is 4. The van der Waals surface area contributed by atoms with E-state index in [9.17, 15) is 21.6 Å². The lowest BCUT2D eigenvalue weighted by atomic mass is 10.0. The second kappa shape index (κ2) is 6.14. The third-order valence-electron chi connectivity index (χ3n) is 3.10. The Hall–Kier alpha value is -0.790. The number of alkyl halides is 3. The van der Waals surface area contributed by atoms with Gasteiger partial charge in [-0.3, -0.25) is 0 Å². The lowest BCUT2D eigenvalue weighted by Gasteiger charge is -2.19. The Kier molecular flexibility index (Phi) is 5.34. The van der Waals surface area contributed by atoms with Crippen molar-refractivity contribution < 1.29 is 21.6 Å². The normalized spacial score (nSPS) is 14.5. The standard InChI is InChI=1S/C13H17ClF3NO2S/c1-7(2)10-5-6-11(8(3)12(10)14)21(19,20)18-9(4)13(15,16)17/h5-7,9,18H,1-4H3/t9-/m0/s1. The fourth-order valence-corrected chi connectivity index (χ4v) is 3.71. The van der Waals surface area contributed by atoms with Gasteiger partial charge in [0.1, 0.15) is 6.04 Å². The number of halogens is 4. The third-order valence-corrected chi connectivity index (χ3v) is 5.29. The maximum Gasteiger partial charge on any atom is 0.404 e. The Bertz CT molecular complexity index is 627. The van der Waals surface area contributed by atoms with Crippen molar-refractivity contribution in [2.75, 3.05) is 0 Å². The average Bonchev–Trinajstić information content (AvgIpc) is 2.29. The van der Waals surface area contributed by atoms with E-state index in [4.69, 9.17) is 11.6 Å². The minimum atomic E-state index is -4.65. The van der Waals surface area contributed by atoms with Gasteiger partial charge in [-0.2, -0.15) is 17.9 Å². The fraction of sp³-hybridized carbons (Fsp3) is 0.538. The summed E-state index contributed by atoms with van der Waals surface area (Å²) < 4.78 is 63.2. The molecule has 0 amide bonds. The van der Waals surface area contributed by atoms with Gasteiger partial charge in [-0.15, -0.1) is 0 Å². The van der Waals surface area contributed by atoms with Gasteiger partial charge in [-0.25, -0.2) is 8.42 Å². The molecule has 0 unspecified atom stereocenters. The van der Waals surface area contributed by atoms with Crippen LogP contribution in [0.1, 0.15) is 37.8 Å². The van der Waals surface area contributed by atoms with E-state index >= 15 is 0 Å². The molecule has 0 fully saturated rings. The van der Waals surface area contributed by atoms with Crippen LogP contribution in [0.25, 0.3) is 0 Å². The van der Waals surface area contributed by atoms with Crippen molar-refractivity contribution in [1.29, 1.82) is 0 Å². The molecule has 0 saturated carbocycles. The lowest BCUT2D eigenvalue weighted by molar-refractivity contribution is -0.147. The Morgan fingerprint density at radius 1 is 1.19 bits per heavy atom. The van der Waals surface area contributed by atoms with Gasteiger partial charge in [0.25, 0.3) is 0 Å². The number of nitrogens with one attached hydrogen (secondary N) is 1. The van der Waals surface area contributed by atoms with E-state index in [0.29, 0.717) is 0 Å². The van der Waals surface area contributed by atoms with E-state index in [2.05, 4.69) is 0 Å². The molecule has 0 bridgehead atoms. The van der Waals surface area contributed by atoms with E-state index in [-0.39, 0.29) is 21.4 Å². The SMILES string of the molecule is Cc1c(S(=O)(=O)N[C@@H](C)C(F)(F)F)ccc(C(C)C)c1Cl. The predicted octanol–water partition coefficient (Wildman–Crippen LogP) is 4.00. The van der Waals surface area contributed by atoms with Crippen LogP contribution in [-0.4, -0.2) is 20.6 Å². The summed E-state index contributed by atoms with van der Waals surface area (Å²) in [5, 5.41) is 0.257. The Morgan fingerprint density at radius 3 is 2.14 bits per heavy atom. The van der Waals surface area contributed by atoms with Crippen molar-refractivity contribution >= 4 is 21.6 Å². The zero-order valence-electron chi connectivity index (χ0n) is 12.0. The van der Waals surface area contributed by atoms with E-state index in [1.54, 1.807) is 4.72 Å². The first kappa shape index (κ1) is 18.3. The van der Waals surface area contributed by atoms with Crippen molar-refractivity contribution in [2.45, 2.75) is 50.7 Å². The second-order valence-corrected chi connectivity index (χ2v) is 7.19. The van der Waals surface area contributed by atoms with Crippen LogP contribution in [0.4, 0.5) is 13.2 Å². The molecule has 0 aliphatic rings. The number of benzene rings is 1. The van der Waals surface area contributed by atoms with Gasteiger partial charge in [-0.1, -0.05) is 31.5 Å². The summed E-state index contributed by atoms with van der Waals surface area (Å²) in [7, 11) is -4.29. The van der Waals surface area contributed by atoms with E-state index in [1.807, 2.05) is 13.8 Å². The van der Waals surface area contributed by atoms with Gasteiger partial charge < -0.3 is 0 Å². The highest BCUT2D eigenvalue weighted by Crippen LogP contribution is 2.32. The molecule has 0 spiro atoms. The molecule has 0 aliphatic carbocycles. The highest BCUT2D eigenvalue weighted by atomic mass is 35.5. The maximum atomic E-state index is 12.5. The second-order valence-electron chi connectivity index (χ2n) is 5.13. The molecule has 3 nitrogen and oxygen atoms in total. The van der Waals surface area contributed by atoms with Crippen LogP contribution in [0.3, 0.4) is 0 Å². The maximum absolute atomic E-state index is 12.5. The first-order valence-corrected chi connectivity index (χ1v) is 8.12. The minimum absolute atomic E-state index is 0.0787. The van der Waals surface area contributed by atoms with Crippen LogP contribution in [-0.2, 0) is 10.0 Å². The van der Waals surface area contributed by atoms with Gasteiger partial charge in [0.15, 0.2) is 0 Å². The first-order valence-electron chi connectivity index (χ1n) is 6.26. The molecule has 0 radical (unpaired) electrons. The van der Waals surface area contributed by atoms with Crippen molar-refractivity contribution in [3.8, 4) is 0 Å². The quantitative estimate of drug-likeness (QED) is 0.898. The summed E-state index contributed by atoms with van der Waals surface area (Å²) >= 11 is 6.11. The molecule has 120 valence electrons. The van der Waals surface area contributed by atoms with Crippen LogP contribution >= 0.6 is 11.6 Å². The van der Waals surface area contributed by atoms with Crippen molar-refractivity contribution in [3.05, 3.63) is 28.3 Å². The third kappa shape index (κ3) is 4.11. The molecule has 1 rings (SSSR count). The molecule has 0 heterocycles. The summed E-state index contributed by atoms with van der Waals surface area (Å²) in [6.07, 6.45) is -4.65. The van der Waals surface area contributed by atoms with Crippen LogP contribution < -0.4 is 4.72 Å². The molecular weight excluding hydrogens is 327 g/mol.